The van der Waals surface area contributed by atoms with Crippen LogP contribution in [-0.2, 0) is 25.7 Å². The molecule has 1 rings (SSSR count). The van der Waals surface area contributed by atoms with Crippen molar-refractivity contribution < 1.29 is 29.0 Å². The van der Waals surface area contributed by atoms with E-state index < -0.39 is 32.5 Å². The molecule has 1 atom stereocenters. The molecule has 0 amide bonds. The maximum absolute atomic E-state index is 12.4. The molecule has 8 heteroatoms. The van der Waals surface area contributed by atoms with E-state index in [4.69, 9.17) is 14.3 Å². The minimum absolute atomic E-state index is 0.0408. The predicted octanol–water partition coefficient (Wildman–Crippen LogP) is 3.49. The zero-order valence-corrected chi connectivity index (χ0v) is 18.2. The van der Waals surface area contributed by atoms with Crippen molar-refractivity contribution in [3.8, 4) is 0 Å². The number of esters is 1. The van der Waals surface area contributed by atoms with Crippen LogP contribution in [0.2, 0.25) is 18.1 Å². The standard InChI is InChI=1S/C19H31NO6Si/c1-18(2,3)27(6,7)20(19(4,14-21)16(22)24-5)26-17(23)25-13-15-11-9-8-10-12-15/h8-12,21H,13-14H2,1-7H3/t19-/m1/s1. The number of carbonyl (C=O) groups excluding carboxylic acids is 2. The number of aliphatic hydroxyl groups excluding tert-OH is 1. The predicted molar refractivity (Wildman–Crippen MR) is 104 cm³/mol. The van der Waals surface area contributed by atoms with Gasteiger partial charge in [0.25, 0.3) is 0 Å². The van der Waals surface area contributed by atoms with E-state index in [1.165, 1.54) is 18.8 Å². The monoisotopic (exact) mass is 397 g/mol. The minimum atomic E-state index is -2.59. The van der Waals surface area contributed by atoms with Crippen LogP contribution in [0.3, 0.4) is 0 Å². The molecule has 7 nitrogen and oxygen atoms in total. The van der Waals surface area contributed by atoms with Crippen LogP contribution in [-0.4, -0.2) is 49.5 Å². The third-order valence-electron chi connectivity index (χ3n) is 5.09. The molecule has 0 saturated heterocycles. The molecule has 0 saturated carbocycles. The molecular formula is C19H31NO6Si. The minimum Gasteiger partial charge on any atom is -0.468 e. The van der Waals surface area contributed by atoms with Crippen LogP contribution in [0.25, 0.3) is 0 Å². The molecule has 0 aliphatic carbocycles. The number of benzene rings is 1. The van der Waals surface area contributed by atoms with Gasteiger partial charge in [0.2, 0.25) is 0 Å². The highest BCUT2D eigenvalue weighted by Gasteiger charge is 2.55. The van der Waals surface area contributed by atoms with Gasteiger partial charge in [-0.05, 0) is 17.5 Å². The fourth-order valence-corrected chi connectivity index (χ4v) is 4.69. The van der Waals surface area contributed by atoms with Gasteiger partial charge in [-0.15, -0.1) is 4.73 Å². The van der Waals surface area contributed by atoms with E-state index in [-0.39, 0.29) is 11.6 Å². The zero-order valence-electron chi connectivity index (χ0n) is 17.2. The lowest BCUT2D eigenvalue weighted by molar-refractivity contribution is -0.183. The number of hydrogen-bond donors (Lipinski definition) is 1. The maximum Gasteiger partial charge on any atom is 0.527 e. The summed E-state index contributed by atoms with van der Waals surface area (Å²) >= 11 is 0. The number of rotatable bonds is 7. The van der Waals surface area contributed by atoms with E-state index in [0.29, 0.717) is 0 Å². The highest BCUT2D eigenvalue weighted by Crippen LogP contribution is 2.42. The molecule has 0 aromatic heterocycles. The molecular weight excluding hydrogens is 366 g/mol. The van der Waals surface area contributed by atoms with Gasteiger partial charge in [-0.2, -0.15) is 0 Å². The third kappa shape index (κ3) is 5.30. The summed E-state index contributed by atoms with van der Waals surface area (Å²) in [6, 6.07) is 9.19. The molecule has 1 N–H and O–H groups in total. The number of aliphatic hydroxyl groups is 1. The van der Waals surface area contributed by atoms with E-state index in [2.05, 4.69) is 0 Å². The van der Waals surface area contributed by atoms with Gasteiger partial charge in [0.1, 0.15) is 6.61 Å². The van der Waals surface area contributed by atoms with Gasteiger partial charge in [0.05, 0.1) is 13.7 Å². The van der Waals surface area contributed by atoms with Crippen LogP contribution < -0.4 is 0 Å². The summed E-state index contributed by atoms with van der Waals surface area (Å²) in [4.78, 5) is 30.3. The fraction of sp³-hybridized carbons (Fsp3) is 0.579. The first-order chi connectivity index (χ1) is 12.4. The number of hydroxylamine groups is 1. The van der Waals surface area contributed by atoms with Crippen LogP contribution >= 0.6 is 0 Å². The van der Waals surface area contributed by atoms with E-state index in [9.17, 15) is 14.7 Å². The Morgan fingerprint density at radius 3 is 2.11 bits per heavy atom. The summed E-state index contributed by atoms with van der Waals surface area (Å²) in [5.41, 5.74) is -0.727. The van der Waals surface area contributed by atoms with E-state index in [1.54, 1.807) is 0 Å². The van der Waals surface area contributed by atoms with Crippen molar-refractivity contribution >= 4 is 20.4 Å². The van der Waals surface area contributed by atoms with Gasteiger partial charge in [0.15, 0.2) is 13.8 Å². The largest absolute Gasteiger partial charge is 0.527 e. The number of carbonyl (C=O) groups is 2. The number of hydrogen-bond acceptors (Lipinski definition) is 7. The maximum atomic E-state index is 12.4. The smallest absolute Gasteiger partial charge is 0.468 e. The summed E-state index contributed by atoms with van der Waals surface area (Å²) in [6.07, 6.45) is -0.938. The van der Waals surface area contributed by atoms with Crippen LogP contribution in [0.4, 0.5) is 4.79 Å². The summed E-state index contributed by atoms with van der Waals surface area (Å²) < 4.78 is 11.4. The van der Waals surface area contributed by atoms with Crippen LogP contribution in [0, 0.1) is 0 Å². The van der Waals surface area contributed by atoms with Crippen molar-refractivity contribution in [2.24, 2.45) is 0 Å². The van der Waals surface area contributed by atoms with Gasteiger partial charge >= 0.3 is 12.1 Å². The average molecular weight is 398 g/mol. The van der Waals surface area contributed by atoms with Crippen molar-refractivity contribution in [2.75, 3.05) is 13.7 Å². The number of ether oxygens (including phenoxy) is 2. The molecule has 1 aromatic rings. The Balaban J connectivity index is 3.11. The second-order valence-electron chi connectivity index (χ2n) is 8.14. The SMILES string of the molecule is COC(=O)[C@@](C)(CO)N(OC(=O)OCc1ccccc1)[Si](C)(C)C(C)(C)C. The molecule has 1 aromatic carbocycles. The zero-order chi connectivity index (χ0) is 20.9. The third-order valence-corrected chi connectivity index (χ3v) is 10.4. The van der Waals surface area contributed by atoms with Crippen LogP contribution in [0.5, 0.6) is 0 Å². The van der Waals surface area contributed by atoms with Crippen molar-refractivity contribution in [2.45, 2.75) is 58.0 Å². The normalized spacial score (nSPS) is 14.4. The van der Waals surface area contributed by atoms with Gasteiger partial charge in [-0.1, -0.05) is 64.2 Å². The van der Waals surface area contributed by atoms with Crippen molar-refractivity contribution in [3.05, 3.63) is 35.9 Å². The number of nitrogens with zero attached hydrogens (tertiary/aromatic N) is 1. The Morgan fingerprint density at radius 2 is 1.67 bits per heavy atom. The van der Waals surface area contributed by atoms with Gasteiger partial charge in [0, 0.05) is 0 Å². The van der Waals surface area contributed by atoms with Gasteiger partial charge in [-0.25, -0.2) is 9.59 Å². The average Bonchev–Trinajstić information content (AvgIpc) is 2.62. The first kappa shape index (κ1) is 23.1. The first-order valence-electron chi connectivity index (χ1n) is 8.78. The van der Waals surface area contributed by atoms with Crippen LogP contribution in [0.15, 0.2) is 30.3 Å². The Kier molecular flexibility index (Phi) is 7.59. The van der Waals surface area contributed by atoms with Gasteiger partial charge in [-0.3, -0.25) is 0 Å². The molecule has 0 unspecified atom stereocenters. The van der Waals surface area contributed by atoms with E-state index >= 15 is 0 Å². The van der Waals surface area contributed by atoms with Crippen LogP contribution in [0.1, 0.15) is 33.3 Å². The lowest BCUT2D eigenvalue weighted by Crippen LogP contribution is -2.68. The summed E-state index contributed by atoms with van der Waals surface area (Å²) in [7, 11) is -1.36. The Bertz CT molecular complexity index is 643. The summed E-state index contributed by atoms with van der Waals surface area (Å²) in [5.74, 6) is -0.689. The second kappa shape index (κ2) is 8.86. The molecule has 0 heterocycles. The second-order valence-corrected chi connectivity index (χ2v) is 13.2. The Hall–Kier alpha value is -1.90. The van der Waals surface area contributed by atoms with E-state index in [0.717, 1.165) is 5.56 Å². The molecule has 0 bridgehead atoms. The molecule has 152 valence electrons. The van der Waals surface area contributed by atoms with E-state index in [1.807, 2.05) is 64.2 Å². The Labute approximate surface area is 162 Å². The summed E-state index contributed by atoms with van der Waals surface area (Å²) in [6.45, 7) is 10.9. The van der Waals surface area contributed by atoms with Gasteiger partial charge < -0.3 is 19.4 Å². The molecule has 0 fully saturated rings. The molecule has 27 heavy (non-hydrogen) atoms. The molecule has 0 aliphatic rings. The van der Waals surface area contributed by atoms with Crippen molar-refractivity contribution in [1.29, 1.82) is 0 Å². The lowest BCUT2D eigenvalue weighted by Gasteiger charge is -2.49. The molecule has 0 radical (unpaired) electrons. The summed E-state index contributed by atoms with van der Waals surface area (Å²) in [5, 5.41) is 9.67. The molecule has 0 aliphatic heterocycles. The fourth-order valence-electron chi connectivity index (χ4n) is 2.39. The Morgan fingerprint density at radius 1 is 1.11 bits per heavy atom. The topological polar surface area (TPSA) is 85.3 Å². The van der Waals surface area contributed by atoms with Crippen molar-refractivity contribution in [3.63, 3.8) is 0 Å². The molecule has 0 spiro atoms. The highest BCUT2D eigenvalue weighted by atomic mass is 28.3. The first-order valence-corrected chi connectivity index (χ1v) is 11.7. The quantitative estimate of drug-likeness (QED) is 0.428. The van der Waals surface area contributed by atoms with Crippen molar-refractivity contribution in [1.82, 2.24) is 4.73 Å². The number of methoxy groups -OCH3 is 1. The lowest BCUT2D eigenvalue weighted by atomic mass is 10.1. The highest BCUT2D eigenvalue weighted by molar-refractivity contribution is 6.77.